The van der Waals surface area contributed by atoms with Crippen molar-refractivity contribution in [1.82, 2.24) is 0 Å². The molecule has 3 aromatic carbocycles. The molecular weight excluding hydrogens is 363 g/mol. The molecule has 6 heteroatoms. The van der Waals surface area contributed by atoms with Crippen LogP contribution in [-0.4, -0.2) is 5.78 Å². The Morgan fingerprint density at radius 2 is 1.22 bits per heavy atom. The standard InChI is InChI=1S/C21H11F5O/c22-14(11-15(27)12-7-3-1-4-8-12)17-16(13-9-5-2-6-10-13)18(23)20(25)21(26)19(17)24/h1-11H. The molecule has 27 heavy (non-hydrogen) atoms. The van der Waals surface area contributed by atoms with Crippen LogP contribution in [0.15, 0.2) is 66.7 Å². The summed E-state index contributed by atoms with van der Waals surface area (Å²) in [4.78, 5) is 12.1. The Bertz CT molecular complexity index is 1030. The van der Waals surface area contributed by atoms with E-state index in [0.717, 1.165) is 0 Å². The normalized spacial score (nSPS) is 11.5. The van der Waals surface area contributed by atoms with Crippen LogP contribution in [0.25, 0.3) is 17.0 Å². The van der Waals surface area contributed by atoms with Gasteiger partial charge in [0.05, 0.1) is 5.56 Å². The molecule has 0 unspecified atom stereocenters. The Morgan fingerprint density at radius 3 is 1.81 bits per heavy atom. The van der Waals surface area contributed by atoms with Crippen molar-refractivity contribution in [3.8, 4) is 11.1 Å². The lowest BCUT2D eigenvalue weighted by Gasteiger charge is -2.13. The van der Waals surface area contributed by atoms with Gasteiger partial charge in [0.25, 0.3) is 0 Å². The number of benzene rings is 3. The van der Waals surface area contributed by atoms with Crippen molar-refractivity contribution < 1.29 is 26.7 Å². The van der Waals surface area contributed by atoms with E-state index in [1.54, 1.807) is 12.1 Å². The van der Waals surface area contributed by atoms with E-state index in [-0.39, 0.29) is 11.1 Å². The average molecular weight is 374 g/mol. The van der Waals surface area contributed by atoms with Gasteiger partial charge in [-0.3, -0.25) is 4.79 Å². The molecule has 0 fully saturated rings. The zero-order valence-electron chi connectivity index (χ0n) is 13.6. The summed E-state index contributed by atoms with van der Waals surface area (Å²) in [5.41, 5.74) is -1.93. The summed E-state index contributed by atoms with van der Waals surface area (Å²) in [6, 6.07) is 14.5. The van der Waals surface area contributed by atoms with E-state index in [4.69, 9.17) is 0 Å². The topological polar surface area (TPSA) is 17.1 Å². The van der Waals surface area contributed by atoms with Crippen LogP contribution < -0.4 is 0 Å². The minimum Gasteiger partial charge on any atom is -0.289 e. The second-order valence-corrected chi connectivity index (χ2v) is 5.59. The second-order valence-electron chi connectivity index (χ2n) is 5.59. The molecule has 0 aliphatic rings. The zero-order valence-corrected chi connectivity index (χ0v) is 13.6. The maximum absolute atomic E-state index is 14.7. The number of carbonyl (C=O) groups is 1. The van der Waals surface area contributed by atoms with Gasteiger partial charge in [0.2, 0.25) is 0 Å². The summed E-state index contributed by atoms with van der Waals surface area (Å²) in [5, 5.41) is 0. The maximum atomic E-state index is 14.7. The van der Waals surface area contributed by atoms with Crippen molar-refractivity contribution in [3.63, 3.8) is 0 Å². The molecule has 3 rings (SSSR count). The molecule has 0 atom stereocenters. The van der Waals surface area contributed by atoms with Crippen molar-refractivity contribution in [2.24, 2.45) is 0 Å². The summed E-state index contributed by atoms with van der Waals surface area (Å²) < 4.78 is 70.8. The zero-order chi connectivity index (χ0) is 19.6. The van der Waals surface area contributed by atoms with E-state index >= 15 is 0 Å². The minimum atomic E-state index is -2.15. The van der Waals surface area contributed by atoms with Crippen LogP contribution in [0.1, 0.15) is 15.9 Å². The molecule has 0 aromatic heterocycles. The van der Waals surface area contributed by atoms with Gasteiger partial charge in [-0.05, 0) is 5.56 Å². The van der Waals surface area contributed by atoms with Gasteiger partial charge in [-0.25, -0.2) is 22.0 Å². The van der Waals surface area contributed by atoms with Gasteiger partial charge >= 0.3 is 0 Å². The summed E-state index contributed by atoms with van der Waals surface area (Å²) >= 11 is 0. The molecule has 136 valence electrons. The Balaban J connectivity index is 2.23. The van der Waals surface area contributed by atoms with E-state index in [0.29, 0.717) is 6.08 Å². The molecule has 0 saturated carbocycles. The Labute approximate surface area is 151 Å². The van der Waals surface area contributed by atoms with Gasteiger partial charge in [0.1, 0.15) is 5.83 Å². The number of rotatable bonds is 4. The largest absolute Gasteiger partial charge is 0.289 e. The first-order chi connectivity index (χ1) is 12.9. The molecule has 0 N–H and O–H groups in total. The second kappa shape index (κ2) is 7.53. The first-order valence-corrected chi connectivity index (χ1v) is 7.80. The maximum Gasteiger partial charge on any atom is 0.198 e. The predicted octanol–water partition coefficient (Wildman–Crippen LogP) is 6.10. The lowest BCUT2D eigenvalue weighted by molar-refractivity contribution is 0.104. The number of ketones is 1. The molecule has 0 saturated heterocycles. The Morgan fingerprint density at radius 1 is 0.704 bits per heavy atom. The van der Waals surface area contributed by atoms with Crippen molar-refractivity contribution in [1.29, 1.82) is 0 Å². The molecule has 0 radical (unpaired) electrons. The quantitative estimate of drug-likeness (QED) is 0.177. The van der Waals surface area contributed by atoms with Gasteiger partial charge in [-0.15, -0.1) is 0 Å². The fraction of sp³-hybridized carbons (Fsp3) is 0. The third-order valence-corrected chi connectivity index (χ3v) is 3.88. The van der Waals surface area contributed by atoms with E-state index in [1.165, 1.54) is 48.5 Å². The highest BCUT2D eigenvalue weighted by molar-refractivity contribution is 6.08. The van der Waals surface area contributed by atoms with Gasteiger partial charge in [0.15, 0.2) is 29.1 Å². The first kappa shape index (κ1) is 18.5. The molecule has 0 spiro atoms. The van der Waals surface area contributed by atoms with Crippen LogP contribution in [0.5, 0.6) is 0 Å². The minimum absolute atomic E-state index is 0.0708. The molecule has 0 aliphatic heterocycles. The average Bonchev–Trinajstić information content (AvgIpc) is 2.70. The Hall–Kier alpha value is -3.28. The molecule has 0 heterocycles. The van der Waals surface area contributed by atoms with Crippen molar-refractivity contribution in [2.75, 3.05) is 0 Å². The van der Waals surface area contributed by atoms with Gasteiger partial charge < -0.3 is 0 Å². The van der Waals surface area contributed by atoms with E-state index in [2.05, 4.69) is 0 Å². The lowest BCUT2D eigenvalue weighted by Crippen LogP contribution is -2.06. The molecule has 3 aromatic rings. The van der Waals surface area contributed by atoms with Crippen LogP contribution in [0.4, 0.5) is 22.0 Å². The Kier molecular flexibility index (Phi) is 5.16. The van der Waals surface area contributed by atoms with E-state index in [1.807, 2.05) is 0 Å². The number of hydrogen-bond acceptors (Lipinski definition) is 1. The molecular formula is C21H11F5O. The van der Waals surface area contributed by atoms with Crippen molar-refractivity contribution >= 4 is 11.6 Å². The fourth-order valence-electron chi connectivity index (χ4n) is 2.60. The first-order valence-electron chi connectivity index (χ1n) is 7.80. The van der Waals surface area contributed by atoms with Gasteiger partial charge in [0, 0.05) is 17.2 Å². The smallest absolute Gasteiger partial charge is 0.198 e. The monoisotopic (exact) mass is 374 g/mol. The fourth-order valence-corrected chi connectivity index (χ4v) is 2.60. The van der Waals surface area contributed by atoms with Crippen LogP contribution in [-0.2, 0) is 0 Å². The van der Waals surface area contributed by atoms with Crippen molar-refractivity contribution in [3.05, 3.63) is 101 Å². The lowest BCUT2D eigenvalue weighted by atomic mass is 9.96. The highest BCUT2D eigenvalue weighted by atomic mass is 19.2. The summed E-state index contributed by atoms with van der Waals surface area (Å²) in [5.74, 6) is -10.2. The number of allylic oxidation sites excluding steroid dienone is 1. The predicted molar refractivity (Wildman–Crippen MR) is 91.6 cm³/mol. The SMILES string of the molecule is O=C(C=C(F)c1c(F)c(F)c(F)c(F)c1-c1ccccc1)c1ccccc1. The number of carbonyl (C=O) groups excluding carboxylic acids is 1. The van der Waals surface area contributed by atoms with Crippen LogP contribution in [0.3, 0.4) is 0 Å². The van der Waals surface area contributed by atoms with Crippen LogP contribution in [0, 0.1) is 23.3 Å². The van der Waals surface area contributed by atoms with Crippen molar-refractivity contribution in [2.45, 2.75) is 0 Å². The third kappa shape index (κ3) is 3.51. The molecule has 0 bridgehead atoms. The summed E-state index contributed by atoms with van der Waals surface area (Å²) in [6.45, 7) is 0. The van der Waals surface area contributed by atoms with E-state index < -0.39 is 46.0 Å². The van der Waals surface area contributed by atoms with Gasteiger partial charge in [-0.2, -0.15) is 0 Å². The van der Waals surface area contributed by atoms with E-state index in [9.17, 15) is 26.7 Å². The number of hydrogen-bond donors (Lipinski definition) is 0. The van der Waals surface area contributed by atoms with Crippen LogP contribution >= 0.6 is 0 Å². The molecule has 1 nitrogen and oxygen atoms in total. The third-order valence-electron chi connectivity index (χ3n) is 3.88. The molecule has 0 amide bonds. The highest BCUT2D eigenvalue weighted by Gasteiger charge is 2.28. The van der Waals surface area contributed by atoms with Crippen LogP contribution in [0.2, 0.25) is 0 Å². The number of halogens is 5. The van der Waals surface area contributed by atoms with Gasteiger partial charge in [-0.1, -0.05) is 60.7 Å². The highest BCUT2D eigenvalue weighted by Crippen LogP contribution is 2.37. The summed E-state index contributed by atoms with van der Waals surface area (Å²) in [6.07, 6.45) is 0.414. The molecule has 0 aliphatic carbocycles. The summed E-state index contributed by atoms with van der Waals surface area (Å²) in [7, 11) is 0.